The molecule has 0 saturated heterocycles. The molecule has 0 radical (unpaired) electrons. The molecule has 2 heterocycles. The second-order valence-electron chi connectivity index (χ2n) is 6.00. The molecule has 0 N–H and O–H groups in total. The van der Waals surface area contributed by atoms with Crippen LogP contribution in [0.25, 0.3) is 10.7 Å². The molecular weight excluding hydrogens is 375 g/mol. The van der Waals surface area contributed by atoms with Crippen LogP contribution in [0.4, 0.5) is 13.2 Å². The van der Waals surface area contributed by atoms with Crippen LogP contribution < -0.4 is 0 Å². The smallest absolute Gasteiger partial charge is 0.337 e. The Kier molecular flexibility index (Phi) is 5.27. The number of aromatic nitrogens is 2. The number of nitrogens with zero attached hydrogens (tertiary/aromatic N) is 3. The predicted octanol–water partition coefficient (Wildman–Crippen LogP) is 4.80. The van der Waals surface area contributed by atoms with E-state index in [2.05, 4.69) is 9.97 Å². The number of benzene rings is 1. The van der Waals surface area contributed by atoms with Gasteiger partial charge in [-0.05, 0) is 36.8 Å². The zero-order valence-corrected chi connectivity index (χ0v) is 15.4. The molecule has 140 valence electrons. The highest BCUT2D eigenvalue weighted by Gasteiger charge is 2.30. The van der Waals surface area contributed by atoms with Gasteiger partial charge < -0.3 is 4.90 Å². The van der Waals surface area contributed by atoms with E-state index in [1.165, 1.54) is 28.4 Å². The van der Waals surface area contributed by atoms with Gasteiger partial charge >= 0.3 is 6.18 Å². The van der Waals surface area contributed by atoms with Crippen LogP contribution in [0.5, 0.6) is 0 Å². The average Bonchev–Trinajstić information content (AvgIpc) is 3.03. The summed E-state index contributed by atoms with van der Waals surface area (Å²) in [6, 6.07) is 10.3. The maximum Gasteiger partial charge on any atom is 0.416 e. The molecule has 0 bridgehead atoms. The number of hydrogen-bond acceptors (Lipinski definition) is 4. The number of rotatable bonds is 4. The molecule has 0 aliphatic heterocycles. The summed E-state index contributed by atoms with van der Waals surface area (Å²) in [5.41, 5.74) is 1.20. The Balaban J connectivity index is 1.75. The lowest BCUT2D eigenvalue weighted by Crippen LogP contribution is -2.26. The third kappa shape index (κ3) is 4.33. The van der Waals surface area contributed by atoms with Crippen molar-refractivity contribution in [2.75, 3.05) is 7.05 Å². The Morgan fingerprint density at radius 1 is 1.15 bits per heavy atom. The van der Waals surface area contributed by atoms with Gasteiger partial charge in [0.15, 0.2) is 0 Å². The summed E-state index contributed by atoms with van der Waals surface area (Å²) in [6.07, 6.45) is -2.72. The van der Waals surface area contributed by atoms with E-state index < -0.39 is 11.7 Å². The molecule has 3 rings (SSSR count). The van der Waals surface area contributed by atoms with Crippen molar-refractivity contribution in [2.45, 2.75) is 19.6 Å². The van der Waals surface area contributed by atoms with Gasteiger partial charge in [-0.3, -0.25) is 9.78 Å². The highest BCUT2D eigenvalue weighted by molar-refractivity contribution is 7.17. The van der Waals surface area contributed by atoms with Crippen LogP contribution in [0.3, 0.4) is 0 Å². The van der Waals surface area contributed by atoms with E-state index in [1.807, 2.05) is 12.1 Å². The lowest BCUT2D eigenvalue weighted by molar-refractivity contribution is -0.137. The van der Waals surface area contributed by atoms with Gasteiger partial charge in [0.2, 0.25) is 0 Å². The van der Waals surface area contributed by atoms with Gasteiger partial charge in [-0.1, -0.05) is 18.2 Å². The summed E-state index contributed by atoms with van der Waals surface area (Å²) in [5, 5.41) is 0.652. The van der Waals surface area contributed by atoms with E-state index in [1.54, 1.807) is 26.2 Å². The number of carbonyl (C=O) groups excluding carboxylic acids is 1. The van der Waals surface area contributed by atoms with Crippen molar-refractivity contribution in [1.29, 1.82) is 0 Å². The number of thiazole rings is 1. The van der Waals surface area contributed by atoms with E-state index in [-0.39, 0.29) is 12.5 Å². The number of carbonyl (C=O) groups is 1. The molecular formula is C19H16F3N3OS. The second kappa shape index (κ2) is 7.48. The summed E-state index contributed by atoms with van der Waals surface area (Å²) < 4.78 is 37.9. The van der Waals surface area contributed by atoms with Crippen molar-refractivity contribution in [2.24, 2.45) is 0 Å². The zero-order chi connectivity index (χ0) is 19.6. The minimum atomic E-state index is -4.37. The van der Waals surface area contributed by atoms with Crippen LogP contribution in [0.2, 0.25) is 0 Å². The standard InChI is InChI=1S/C19H16F3N3OS/c1-12-16(27-17(24-12)15-5-3-4-10-23-15)18(26)25(2)11-13-6-8-14(9-7-13)19(20,21)22/h3-10H,11H2,1-2H3. The molecule has 0 atom stereocenters. The predicted molar refractivity (Wildman–Crippen MR) is 97.3 cm³/mol. The number of amides is 1. The average molecular weight is 391 g/mol. The number of alkyl halides is 3. The Labute approximate surface area is 158 Å². The van der Waals surface area contributed by atoms with Crippen molar-refractivity contribution in [1.82, 2.24) is 14.9 Å². The minimum absolute atomic E-state index is 0.202. The summed E-state index contributed by atoms with van der Waals surface area (Å²) >= 11 is 1.25. The van der Waals surface area contributed by atoms with Gasteiger partial charge in [-0.25, -0.2) is 4.98 Å². The van der Waals surface area contributed by atoms with Gasteiger partial charge in [-0.2, -0.15) is 13.2 Å². The fourth-order valence-corrected chi connectivity index (χ4v) is 3.55. The Hall–Kier alpha value is -2.74. The van der Waals surface area contributed by atoms with Gasteiger partial charge in [0.1, 0.15) is 9.88 Å². The molecule has 8 heteroatoms. The molecule has 0 aliphatic rings. The minimum Gasteiger partial charge on any atom is -0.337 e. The maximum atomic E-state index is 12.7. The van der Waals surface area contributed by atoms with Gasteiger partial charge in [-0.15, -0.1) is 11.3 Å². The van der Waals surface area contributed by atoms with Gasteiger partial charge in [0.25, 0.3) is 5.91 Å². The molecule has 3 aromatic rings. The fraction of sp³-hybridized carbons (Fsp3) is 0.211. The lowest BCUT2D eigenvalue weighted by atomic mass is 10.1. The summed E-state index contributed by atoms with van der Waals surface area (Å²) in [5.74, 6) is -0.230. The fourth-order valence-electron chi connectivity index (χ4n) is 2.51. The SMILES string of the molecule is Cc1nc(-c2ccccn2)sc1C(=O)N(C)Cc1ccc(C(F)(F)F)cc1. The second-order valence-corrected chi connectivity index (χ2v) is 7.00. The van der Waals surface area contributed by atoms with Crippen LogP contribution in [0, 0.1) is 6.92 Å². The van der Waals surface area contributed by atoms with Crippen LogP contribution in [0.15, 0.2) is 48.7 Å². The third-order valence-electron chi connectivity index (χ3n) is 3.92. The van der Waals surface area contributed by atoms with Crippen molar-refractivity contribution >= 4 is 17.2 Å². The molecule has 0 saturated carbocycles. The van der Waals surface area contributed by atoms with E-state index >= 15 is 0 Å². The maximum absolute atomic E-state index is 12.7. The molecule has 0 fully saturated rings. The molecule has 27 heavy (non-hydrogen) atoms. The number of halogens is 3. The molecule has 0 unspecified atom stereocenters. The van der Waals surface area contributed by atoms with Crippen molar-refractivity contribution in [3.63, 3.8) is 0 Å². The molecule has 1 aromatic carbocycles. The van der Waals surface area contributed by atoms with Crippen LogP contribution in [0.1, 0.15) is 26.5 Å². The quantitative estimate of drug-likeness (QED) is 0.642. The van der Waals surface area contributed by atoms with E-state index in [9.17, 15) is 18.0 Å². The first kappa shape index (κ1) is 19.0. The lowest BCUT2D eigenvalue weighted by Gasteiger charge is -2.17. The molecule has 2 aromatic heterocycles. The van der Waals surface area contributed by atoms with Crippen LogP contribution in [-0.2, 0) is 12.7 Å². The molecule has 0 aliphatic carbocycles. The Bertz CT molecular complexity index is 937. The highest BCUT2D eigenvalue weighted by Crippen LogP contribution is 2.30. The van der Waals surface area contributed by atoms with Crippen molar-refractivity contribution in [3.8, 4) is 10.7 Å². The summed E-state index contributed by atoms with van der Waals surface area (Å²) in [4.78, 5) is 23.3. The molecule has 4 nitrogen and oxygen atoms in total. The molecule has 1 amide bonds. The Morgan fingerprint density at radius 2 is 1.85 bits per heavy atom. The Morgan fingerprint density at radius 3 is 2.44 bits per heavy atom. The first-order valence-corrected chi connectivity index (χ1v) is 8.88. The van der Waals surface area contributed by atoms with Gasteiger partial charge in [0.05, 0.1) is 17.0 Å². The monoisotopic (exact) mass is 391 g/mol. The summed E-state index contributed by atoms with van der Waals surface area (Å²) in [6.45, 7) is 1.95. The van der Waals surface area contributed by atoms with E-state index in [4.69, 9.17) is 0 Å². The first-order valence-electron chi connectivity index (χ1n) is 8.06. The number of pyridine rings is 1. The van der Waals surface area contributed by atoms with E-state index in [0.29, 0.717) is 26.8 Å². The largest absolute Gasteiger partial charge is 0.416 e. The topological polar surface area (TPSA) is 46.1 Å². The number of hydrogen-bond donors (Lipinski definition) is 0. The zero-order valence-electron chi connectivity index (χ0n) is 14.6. The highest BCUT2D eigenvalue weighted by atomic mass is 32.1. The third-order valence-corrected chi connectivity index (χ3v) is 5.09. The number of aryl methyl sites for hydroxylation is 1. The van der Waals surface area contributed by atoms with Crippen LogP contribution in [-0.4, -0.2) is 27.8 Å². The summed E-state index contributed by atoms with van der Waals surface area (Å²) in [7, 11) is 1.61. The van der Waals surface area contributed by atoms with Crippen molar-refractivity contribution in [3.05, 3.63) is 70.4 Å². The normalized spacial score (nSPS) is 11.4. The van der Waals surface area contributed by atoms with Crippen molar-refractivity contribution < 1.29 is 18.0 Å². The van der Waals surface area contributed by atoms with E-state index in [0.717, 1.165) is 12.1 Å². The van der Waals surface area contributed by atoms with Crippen LogP contribution >= 0.6 is 11.3 Å². The first-order chi connectivity index (χ1) is 12.8. The van der Waals surface area contributed by atoms with Gasteiger partial charge in [0, 0.05) is 19.8 Å². The molecule has 0 spiro atoms.